The molecule has 0 aliphatic heterocycles. The second-order valence-corrected chi connectivity index (χ2v) is 9.70. The van der Waals surface area contributed by atoms with Crippen LogP contribution >= 0.6 is 34.5 Å². The van der Waals surface area contributed by atoms with E-state index in [2.05, 4.69) is 25.0 Å². The highest BCUT2D eigenvalue weighted by Gasteiger charge is 2.23. The Bertz CT molecular complexity index is 1280. The number of anilines is 2. The lowest BCUT2D eigenvalue weighted by molar-refractivity contribution is 0.0600. The van der Waals surface area contributed by atoms with E-state index in [-0.39, 0.29) is 31.3 Å². The van der Waals surface area contributed by atoms with Crippen LogP contribution in [0.2, 0.25) is 10.0 Å². The van der Waals surface area contributed by atoms with Crippen molar-refractivity contribution in [2.24, 2.45) is 0 Å². The number of aromatic nitrogens is 2. The first-order chi connectivity index (χ1) is 14.6. The first kappa shape index (κ1) is 22.9. The van der Waals surface area contributed by atoms with Crippen molar-refractivity contribution in [1.29, 1.82) is 0 Å². The van der Waals surface area contributed by atoms with E-state index in [9.17, 15) is 18.0 Å². The highest BCUT2D eigenvalue weighted by molar-refractivity contribution is 7.94. The third-order valence-corrected chi connectivity index (χ3v) is 7.14. The van der Waals surface area contributed by atoms with E-state index in [1.807, 2.05) is 0 Å². The van der Waals surface area contributed by atoms with Crippen LogP contribution in [-0.2, 0) is 14.8 Å². The second kappa shape index (κ2) is 9.18. The van der Waals surface area contributed by atoms with Gasteiger partial charge in [0, 0.05) is 5.02 Å². The fraction of sp³-hybridized carbons (Fsp3) is 0.111. The average molecular weight is 501 g/mol. The minimum atomic E-state index is -4.13. The van der Waals surface area contributed by atoms with Crippen LogP contribution < -0.4 is 10.0 Å². The smallest absolute Gasteiger partial charge is 0.338 e. The van der Waals surface area contributed by atoms with Crippen LogP contribution in [0.3, 0.4) is 0 Å². The molecule has 1 heterocycles. The van der Waals surface area contributed by atoms with Crippen molar-refractivity contribution in [2.75, 3.05) is 17.1 Å². The van der Waals surface area contributed by atoms with Crippen molar-refractivity contribution < 1.29 is 22.7 Å². The average Bonchev–Trinajstić information content (AvgIpc) is 3.18. The molecular formula is C18H14Cl2N4O5S2. The summed E-state index contributed by atoms with van der Waals surface area (Å²) in [7, 11) is -2.90. The van der Waals surface area contributed by atoms with Crippen LogP contribution in [0.25, 0.3) is 0 Å². The Labute approximate surface area is 191 Å². The summed E-state index contributed by atoms with van der Waals surface area (Å²) in [6.45, 7) is 1.58. The molecule has 0 radical (unpaired) electrons. The van der Waals surface area contributed by atoms with Crippen LogP contribution in [0.15, 0.2) is 40.7 Å². The monoisotopic (exact) mass is 500 g/mol. The van der Waals surface area contributed by atoms with Crippen molar-refractivity contribution in [3.05, 3.63) is 63.1 Å². The van der Waals surface area contributed by atoms with Crippen LogP contribution in [0, 0.1) is 6.92 Å². The molecule has 31 heavy (non-hydrogen) atoms. The molecule has 162 valence electrons. The number of esters is 1. The molecule has 0 saturated heterocycles. The van der Waals surface area contributed by atoms with Crippen molar-refractivity contribution >= 4 is 67.3 Å². The van der Waals surface area contributed by atoms with Gasteiger partial charge in [0.15, 0.2) is 0 Å². The molecule has 0 aliphatic carbocycles. The van der Waals surface area contributed by atoms with Crippen molar-refractivity contribution in [3.63, 3.8) is 0 Å². The van der Waals surface area contributed by atoms with Gasteiger partial charge in [-0.1, -0.05) is 40.6 Å². The zero-order valence-corrected chi connectivity index (χ0v) is 19.1. The third kappa shape index (κ3) is 5.13. The molecule has 0 spiro atoms. The topological polar surface area (TPSA) is 127 Å². The number of nitrogens with one attached hydrogen (secondary N) is 2. The summed E-state index contributed by atoms with van der Waals surface area (Å²) in [5.41, 5.74) is 0.914. The van der Waals surface area contributed by atoms with Gasteiger partial charge in [0.25, 0.3) is 20.3 Å². The molecule has 0 fully saturated rings. The highest BCUT2D eigenvalue weighted by atomic mass is 35.5. The van der Waals surface area contributed by atoms with Gasteiger partial charge >= 0.3 is 5.97 Å². The third-order valence-electron chi connectivity index (χ3n) is 4.02. The maximum absolute atomic E-state index is 12.7. The number of halogens is 2. The molecule has 13 heteroatoms. The van der Waals surface area contributed by atoms with Crippen LogP contribution in [0.5, 0.6) is 0 Å². The van der Waals surface area contributed by atoms with Gasteiger partial charge in [-0.05, 0) is 42.8 Å². The number of benzene rings is 2. The Morgan fingerprint density at radius 1 is 1.10 bits per heavy atom. The van der Waals surface area contributed by atoms with Gasteiger partial charge in [-0.15, -0.1) is 10.2 Å². The molecule has 3 aromatic rings. The molecule has 9 nitrogen and oxygen atoms in total. The first-order valence-corrected chi connectivity index (χ1v) is 11.5. The Morgan fingerprint density at radius 3 is 2.52 bits per heavy atom. The van der Waals surface area contributed by atoms with Crippen LogP contribution in [-0.4, -0.2) is 37.6 Å². The van der Waals surface area contributed by atoms with Crippen LogP contribution in [0.1, 0.15) is 26.3 Å². The maximum Gasteiger partial charge on any atom is 0.338 e. The molecule has 3 rings (SSSR count). The van der Waals surface area contributed by atoms with Gasteiger partial charge in [0.1, 0.15) is 0 Å². The molecule has 0 atom stereocenters. The lowest BCUT2D eigenvalue weighted by Crippen LogP contribution is -2.15. The van der Waals surface area contributed by atoms with Gasteiger partial charge in [0.05, 0.1) is 28.9 Å². The Morgan fingerprint density at radius 2 is 1.84 bits per heavy atom. The fourth-order valence-electron chi connectivity index (χ4n) is 2.47. The fourth-order valence-corrected chi connectivity index (χ4v) is 4.99. The molecule has 1 aromatic heterocycles. The van der Waals surface area contributed by atoms with Crippen molar-refractivity contribution in [3.8, 4) is 0 Å². The highest BCUT2D eigenvalue weighted by Crippen LogP contribution is 2.27. The quantitative estimate of drug-likeness (QED) is 0.386. The van der Waals surface area contributed by atoms with E-state index in [1.54, 1.807) is 6.92 Å². The zero-order valence-electron chi connectivity index (χ0n) is 16.0. The molecule has 2 aromatic carbocycles. The lowest BCUT2D eigenvalue weighted by Gasteiger charge is -2.11. The van der Waals surface area contributed by atoms with Gasteiger partial charge < -0.3 is 4.74 Å². The van der Waals surface area contributed by atoms with E-state index in [0.717, 1.165) is 0 Å². The van der Waals surface area contributed by atoms with E-state index in [0.29, 0.717) is 21.9 Å². The molecule has 0 bridgehead atoms. The summed E-state index contributed by atoms with van der Waals surface area (Å²) in [6.07, 6.45) is 0. The van der Waals surface area contributed by atoms with E-state index >= 15 is 0 Å². The minimum Gasteiger partial charge on any atom is -0.465 e. The minimum absolute atomic E-state index is 0.0450. The number of ether oxygens (including phenoxy) is 1. The summed E-state index contributed by atoms with van der Waals surface area (Å²) in [5, 5.41) is 10.2. The number of carbonyl (C=O) groups is 2. The standard InChI is InChI=1S/C18H14Cl2N4O5S2/c1-9-11(16(26)29-2)4-3-5-14(9)24-31(27,28)18-23-22-17(30-18)21-15(25)12-7-6-10(19)8-13(12)20/h3-8,24H,1-2H3,(H,21,22,25). The zero-order chi connectivity index (χ0) is 22.8. The number of sulfonamides is 1. The number of hydrogen-bond acceptors (Lipinski definition) is 8. The summed E-state index contributed by atoms with van der Waals surface area (Å²) in [5.74, 6) is -1.20. The van der Waals surface area contributed by atoms with Crippen LogP contribution in [0.4, 0.5) is 10.8 Å². The predicted molar refractivity (Wildman–Crippen MR) is 118 cm³/mol. The van der Waals surface area contributed by atoms with Gasteiger partial charge in [-0.25, -0.2) is 4.79 Å². The van der Waals surface area contributed by atoms with E-state index < -0.39 is 21.9 Å². The molecular weight excluding hydrogens is 487 g/mol. The molecule has 0 saturated carbocycles. The van der Waals surface area contributed by atoms with Gasteiger partial charge in [-0.3, -0.25) is 14.8 Å². The number of carbonyl (C=O) groups excluding carboxylic acids is 2. The molecule has 0 unspecified atom stereocenters. The normalized spacial score (nSPS) is 11.1. The van der Waals surface area contributed by atoms with Gasteiger partial charge in [0.2, 0.25) is 5.13 Å². The lowest BCUT2D eigenvalue weighted by atomic mass is 10.1. The Hall–Kier alpha value is -2.73. The largest absolute Gasteiger partial charge is 0.465 e. The number of amides is 1. The number of hydrogen-bond donors (Lipinski definition) is 2. The van der Waals surface area contributed by atoms with E-state index in [1.165, 1.54) is 43.5 Å². The number of nitrogens with zero attached hydrogens (tertiary/aromatic N) is 2. The second-order valence-electron chi connectivity index (χ2n) is 6.03. The number of rotatable bonds is 6. The Kier molecular flexibility index (Phi) is 6.80. The summed E-state index contributed by atoms with van der Waals surface area (Å²) < 4.78 is 32.1. The molecule has 0 aliphatic rings. The van der Waals surface area contributed by atoms with Crippen molar-refractivity contribution in [1.82, 2.24) is 10.2 Å². The summed E-state index contributed by atoms with van der Waals surface area (Å²) in [4.78, 5) is 24.2. The number of methoxy groups -OCH3 is 1. The Balaban J connectivity index is 1.80. The van der Waals surface area contributed by atoms with Gasteiger partial charge in [-0.2, -0.15) is 8.42 Å². The maximum atomic E-state index is 12.7. The summed E-state index contributed by atoms with van der Waals surface area (Å²) in [6, 6.07) is 8.84. The predicted octanol–water partition coefficient (Wildman–Crippen LogP) is 3.99. The summed E-state index contributed by atoms with van der Waals surface area (Å²) >= 11 is 12.5. The molecule has 1 amide bonds. The molecule has 2 N–H and O–H groups in total. The SMILES string of the molecule is COC(=O)c1cccc(NS(=O)(=O)c2nnc(NC(=O)c3ccc(Cl)cc3Cl)s2)c1C. The first-order valence-electron chi connectivity index (χ1n) is 8.43. The van der Waals surface area contributed by atoms with E-state index in [4.69, 9.17) is 23.2 Å². The van der Waals surface area contributed by atoms with Crippen molar-refractivity contribution in [2.45, 2.75) is 11.3 Å².